The molecule has 23 heavy (non-hydrogen) atoms. The third-order valence-corrected chi connectivity index (χ3v) is 4.71. The first-order valence-corrected chi connectivity index (χ1v) is 8.27. The second-order valence-electron chi connectivity index (χ2n) is 5.66. The summed E-state index contributed by atoms with van der Waals surface area (Å²) in [5.74, 6) is -0.474. The van der Waals surface area contributed by atoms with Gasteiger partial charge < -0.3 is 10.2 Å². The Morgan fingerprint density at radius 1 is 1.17 bits per heavy atom. The molecule has 1 aliphatic rings. The van der Waals surface area contributed by atoms with Crippen molar-refractivity contribution >= 4 is 39.1 Å². The van der Waals surface area contributed by atoms with Gasteiger partial charge in [0.2, 0.25) is 11.8 Å². The molecule has 1 unspecified atom stereocenters. The first-order valence-electron chi connectivity index (χ1n) is 7.47. The van der Waals surface area contributed by atoms with Crippen molar-refractivity contribution < 1.29 is 9.59 Å². The van der Waals surface area contributed by atoms with Gasteiger partial charge >= 0.3 is 0 Å². The fourth-order valence-corrected chi connectivity index (χ4v) is 3.23. The average Bonchev–Trinajstić information content (AvgIpc) is 2.92. The number of nitrogens with one attached hydrogen (secondary N) is 1. The SMILES string of the molecule is Cc1ccccc1NC(=O)C1CC(=O)N(c2ccccc2Br)C1. The number of carbonyl (C=O) groups excluding carboxylic acids is 2. The van der Waals surface area contributed by atoms with Gasteiger partial charge in [0.05, 0.1) is 11.6 Å². The van der Waals surface area contributed by atoms with E-state index in [1.54, 1.807) is 4.90 Å². The van der Waals surface area contributed by atoms with Crippen molar-refractivity contribution in [3.05, 3.63) is 58.6 Å². The van der Waals surface area contributed by atoms with E-state index in [1.165, 1.54) is 0 Å². The minimum Gasteiger partial charge on any atom is -0.326 e. The second-order valence-corrected chi connectivity index (χ2v) is 6.52. The fraction of sp³-hybridized carbons (Fsp3) is 0.222. The number of rotatable bonds is 3. The maximum absolute atomic E-state index is 12.5. The van der Waals surface area contributed by atoms with Crippen molar-refractivity contribution in [1.29, 1.82) is 0 Å². The third-order valence-electron chi connectivity index (χ3n) is 4.04. The van der Waals surface area contributed by atoms with Gasteiger partial charge in [0.25, 0.3) is 0 Å². The summed E-state index contributed by atoms with van der Waals surface area (Å²) in [5.41, 5.74) is 2.61. The lowest BCUT2D eigenvalue weighted by Gasteiger charge is -2.18. The number of aryl methyl sites for hydroxylation is 1. The lowest BCUT2D eigenvalue weighted by atomic mass is 10.1. The zero-order valence-electron chi connectivity index (χ0n) is 12.8. The van der Waals surface area contributed by atoms with E-state index in [9.17, 15) is 9.59 Å². The number of hydrogen-bond acceptors (Lipinski definition) is 2. The van der Waals surface area contributed by atoms with Gasteiger partial charge in [-0.2, -0.15) is 0 Å². The van der Waals surface area contributed by atoms with Crippen LogP contribution >= 0.6 is 15.9 Å². The number of benzene rings is 2. The van der Waals surface area contributed by atoms with E-state index in [4.69, 9.17) is 0 Å². The molecule has 2 aromatic rings. The Labute approximate surface area is 143 Å². The molecule has 0 saturated carbocycles. The minimum absolute atomic E-state index is 0.0261. The molecule has 1 heterocycles. The zero-order valence-corrected chi connectivity index (χ0v) is 14.3. The Morgan fingerprint density at radius 3 is 2.61 bits per heavy atom. The molecule has 1 aliphatic heterocycles. The van der Waals surface area contributed by atoms with E-state index in [-0.39, 0.29) is 24.2 Å². The number of carbonyl (C=O) groups is 2. The summed E-state index contributed by atoms with van der Waals surface area (Å²) < 4.78 is 0.855. The second kappa shape index (κ2) is 6.54. The normalized spacial score (nSPS) is 17.4. The first kappa shape index (κ1) is 15.7. The molecule has 1 fully saturated rings. The van der Waals surface area contributed by atoms with Crippen molar-refractivity contribution in [3.8, 4) is 0 Å². The van der Waals surface area contributed by atoms with Crippen LogP contribution in [0, 0.1) is 12.8 Å². The Kier molecular flexibility index (Phi) is 4.48. The van der Waals surface area contributed by atoms with Crippen molar-refractivity contribution in [2.75, 3.05) is 16.8 Å². The molecule has 3 rings (SSSR count). The summed E-state index contributed by atoms with van der Waals surface area (Å²) >= 11 is 3.46. The van der Waals surface area contributed by atoms with Crippen LogP contribution in [0.4, 0.5) is 11.4 Å². The van der Waals surface area contributed by atoms with Crippen LogP contribution in [-0.4, -0.2) is 18.4 Å². The molecule has 0 bridgehead atoms. The van der Waals surface area contributed by atoms with Gasteiger partial charge in [-0.05, 0) is 46.6 Å². The number of halogens is 1. The summed E-state index contributed by atoms with van der Waals surface area (Å²) in [7, 11) is 0. The molecule has 118 valence electrons. The minimum atomic E-state index is -0.339. The van der Waals surface area contributed by atoms with Gasteiger partial charge in [0.1, 0.15) is 0 Å². The summed E-state index contributed by atoms with van der Waals surface area (Å²) in [6.07, 6.45) is 0.235. The fourth-order valence-electron chi connectivity index (χ4n) is 2.73. The summed E-state index contributed by atoms with van der Waals surface area (Å²) in [6, 6.07) is 15.2. The number of nitrogens with zero attached hydrogens (tertiary/aromatic N) is 1. The van der Waals surface area contributed by atoms with Crippen molar-refractivity contribution in [3.63, 3.8) is 0 Å². The van der Waals surface area contributed by atoms with E-state index >= 15 is 0 Å². The predicted octanol–water partition coefficient (Wildman–Crippen LogP) is 3.75. The molecule has 0 spiro atoms. The van der Waals surface area contributed by atoms with Crippen LogP contribution in [-0.2, 0) is 9.59 Å². The monoisotopic (exact) mass is 372 g/mol. The highest BCUT2D eigenvalue weighted by atomic mass is 79.9. The Balaban J connectivity index is 1.74. The van der Waals surface area contributed by atoms with Crippen molar-refractivity contribution in [2.45, 2.75) is 13.3 Å². The van der Waals surface area contributed by atoms with Gasteiger partial charge in [-0.1, -0.05) is 30.3 Å². The molecular formula is C18H17BrN2O2. The number of hydrogen-bond donors (Lipinski definition) is 1. The van der Waals surface area contributed by atoms with E-state index in [0.717, 1.165) is 21.4 Å². The summed E-state index contributed by atoms with van der Waals surface area (Å²) in [4.78, 5) is 26.4. The molecule has 1 atom stereocenters. The van der Waals surface area contributed by atoms with Crippen LogP contribution in [0.1, 0.15) is 12.0 Å². The highest BCUT2D eigenvalue weighted by Crippen LogP contribution is 2.31. The smallest absolute Gasteiger partial charge is 0.229 e. The highest BCUT2D eigenvalue weighted by molar-refractivity contribution is 9.10. The Hall–Kier alpha value is -2.14. The maximum atomic E-state index is 12.5. The molecule has 0 radical (unpaired) electrons. The third kappa shape index (κ3) is 3.29. The summed E-state index contributed by atoms with van der Waals surface area (Å²) in [5, 5.41) is 2.93. The molecule has 0 aliphatic carbocycles. The quantitative estimate of drug-likeness (QED) is 0.891. The van der Waals surface area contributed by atoms with Crippen LogP contribution in [0.25, 0.3) is 0 Å². The van der Waals surface area contributed by atoms with Crippen LogP contribution in [0.2, 0.25) is 0 Å². The van der Waals surface area contributed by atoms with E-state index in [2.05, 4.69) is 21.2 Å². The largest absolute Gasteiger partial charge is 0.326 e. The van der Waals surface area contributed by atoms with Gasteiger partial charge in [-0.3, -0.25) is 9.59 Å². The molecule has 0 aromatic heterocycles. The molecule has 5 heteroatoms. The van der Waals surface area contributed by atoms with E-state index in [0.29, 0.717) is 6.54 Å². The molecule has 4 nitrogen and oxygen atoms in total. The van der Waals surface area contributed by atoms with Crippen LogP contribution in [0.15, 0.2) is 53.0 Å². The molecule has 2 amide bonds. The van der Waals surface area contributed by atoms with Gasteiger partial charge in [-0.25, -0.2) is 0 Å². The molecule has 2 aromatic carbocycles. The van der Waals surface area contributed by atoms with Crippen molar-refractivity contribution in [1.82, 2.24) is 0 Å². The van der Waals surface area contributed by atoms with Gasteiger partial charge in [0, 0.05) is 23.1 Å². The maximum Gasteiger partial charge on any atom is 0.229 e. The number of anilines is 2. The van der Waals surface area contributed by atoms with E-state index < -0.39 is 0 Å². The molecule has 1 saturated heterocycles. The average molecular weight is 373 g/mol. The Bertz CT molecular complexity index is 760. The summed E-state index contributed by atoms with van der Waals surface area (Å²) in [6.45, 7) is 2.35. The highest BCUT2D eigenvalue weighted by Gasteiger charge is 2.35. The topological polar surface area (TPSA) is 49.4 Å². The molecular weight excluding hydrogens is 356 g/mol. The van der Waals surface area contributed by atoms with Crippen LogP contribution in [0.3, 0.4) is 0 Å². The zero-order chi connectivity index (χ0) is 16.4. The lowest BCUT2D eigenvalue weighted by Crippen LogP contribution is -2.28. The van der Waals surface area contributed by atoms with E-state index in [1.807, 2.05) is 55.5 Å². The molecule has 1 N–H and O–H groups in total. The lowest BCUT2D eigenvalue weighted by molar-refractivity contribution is -0.122. The van der Waals surface area contributed by atoms with Gasteiger partial charge in [0.15, 0.2) is 0 Å². The van der Waals surface area contributed by atoms with Gasteiger partial charge in [-0.15, -0.1) is 0 Å². The van der Waals surface area contributed by atoms with Crippen LogP contribution < -0.4 is 10.2 Å². The van der Waals surface area contributed by atoms with Crippen molar-refractivity contribution in [2.24, 2.45) is 5.92 Å². The number of para-hydroxylation sites is 2. The predicted molar refractivity (Wildman–Crippen MR) is 94.4 cm³/mol. The Morgan fingerprint density at radius 2 is 1.87 bits per heavy atom. The van der Waals surface area contributed by atoms with Crippen LogP contribution in [0.5, 0.6) is 0 Å². The number of amides is 2. The standard InChI is InChI=1S/C18H17BrN2O2/c1-12-6-2-4-8-15(12)20-18(23)13-10-17(22)21(11-13)16-9-5-3-7-14(16)19/h2-9,13H,10-11H2,1H3,(H,20,23). The first-order chi connectivity index (χ1) is 11.1.